The van der Waals surface area contributed by atoms with Crippen molar-refractivity contribution in [3.8, 4) is 11.5 Å². The van der Waals surface area contributed by atoms with Crippen LogP contribution in [0.3, 0.4) is 0 Å². The summed E-state index contributed by atoms with van der Waals surface area (Å²) in [6.07, 6.45) is -4.19. The maximum atomic E-state index is 13.6. The van der Waals surface area contributed by atoms with Gasteiger partial charge in [0.1, 0.15) is 11.5 Å². The zero-order chi connectivity index (χ0) is 24.3. The minimum absolute atomic E-state index is 0.0414. The molecule has 0 amide bonds. The van der Waals surface area contributed by atoms with E-state index in [1.54, 1.807) is 6.92 Å². The number of benzene rings is 2. The van der Waals surface area contributed by atoms with Crippen LogP contribution in [0.2, 0.25) is 0 Å². The SMILES string of the molecule is CCOC(=O)C1(S(=O)(=O)c2ccc(Oc3ccc(C(F)(F)F)cc3)cc2)CCN(CC)CC1. The molecule has 1 saturated heterocycles. The molecule has 0 saturated carbocycles. The van der Waals surface area contributed by atoms with Gasteiger partial charge in [0.2, 0.25) is 0 Å². The third-order valence-corrected chi connectivity index (χ3v) is 8.32. The molecular weight excluding hydrogens is 459 g/mol. The van der Waals surface area contributed by atoms with Gasteiger partial charge in [-0.3, -0.25) is 4.79 Å². The first-order chi connectivity index (χ1) is 15.5. The van der Waals surface area contributed by atoms with Crippen LogP contribution < -0.4 is 4.74 Å². The van der Waals surface area contributed by atoms with Crippen LogP contribution in [0, 0.1) is 0 Å². The Balaban J connectivity index is 1.83. The van der Waals surface area contributed by atoms with Crippen molar-refractivity contribution in [3.63, 3.8) is 0 Å². The fourth-order valence-corrected chi connectivity index (χ4v) is 5.78. The lowest BCUT2D eigenvalue weighted by molar-refractivity contribution is -0.147. The van der Waals surface area contributed by atoms with Crippen LogP contribution in [-0.2, 0) is 25.5 Å². The standard InChI is InChI=1S/C23H26F3NO5S/c1-3-27-15-13-22(14-16-27,21(28)31-4-2)33(29,30)20-11-9-19(10-12-20)32-18-7-5-17(6-8-18)23(24,25)26/h5-12H,3-4,13-16H2,1-2H3. The number of nitrogens with zero attached hydrogens (tertiary/aromatic N) is 1. The van der Waals surface area contributed by atoms with Crippen LogP contribution in [0.5, 0.6) is 11.5 Å². The van der Waals surface area contributed by atoms with Crippen LogP contribution in [0.25, 0.3) is 0 Å². The number of likely N-dealkylation sites (tertiary alicyclic amines) is 1. The zero-order valence-corrected chi connectivity index (χ0v) is 19.2. The number of esters is 1. The summed E-state index contributed by atoms with van der Waals surface area (Å²) in [7, 11) is -4.07. The van der Waals surface area contributed by atoms with Gasteiger partial charge in [-0.15, -0.1) is 0 Å². The van der Waals surface area contributed by atoms with E-state index in [2.05, 4.69) is 4.90 Å². The van der Waals surface area contributed by atoms with E-state index in [1.807, 2.05) is 6.92 Å². The number of sulfone groups is 1. The largest absolute Gasteiger partial charge is 0.465 e. The fourth-order valence-electron chi connectivity index (χ4n) is 3.84. The smallest absolute Gasteiger partial charge is 0.416 e. The van der Waals surface area contributed by atoms with E-state index in [0.717, 1.165) is 18.7 Å². The Bertz CT molecular complexity index is 1060. The number of alkyl halides is 3. The van der Waals surface area contributed by atoms with Crippen molar-refractivity contribution in [3.05, 3.63) is 54.1 Å². The van der Waals surface area contributed by atoms with Crippen molar-refractivity contribution in [2.24, 2.45) is 0 Å². The van der Waals surface area contributed by atoms with Crippen molar-refractivity contribution in [1.82, 2.24) is 4.90 Å². The topological polar surface area (TPSA) is 72.9 Å². The quantitative estimate of drug-likeness (QED) is 0.530. The maximum absolute atomic E-state index is 13.6. The second-order valence-electron chi connectivity index (χ2n) is 7.75. The third-order valence-electron chi connectivity index (χ3n) is 5.82. The Kier molecular flexibility index (Phi) is 7.38. The van der Waals surface area contributed by atoms with Gasteiger partial charge in [0.05, 0.1) is 17.1 Å². The zero-order valence-electron chi connectivity index (χ0n) is 18.4. The molecule has 0 radical (unpaired) electrons. The number of rotatable bonds is 7. The second kappa shape index (κ2) is 9.72. The molecule has 0 unspecified atom stereocenters. The molecule has 1 aliphatic rings. The Morgan fingerprint density at radius 1 is 0.970 bits per heavy atom. The first-order valence-electron chi connectivity index (χ1n) is 10.6. The Morgan fingerprint density at radius 3 is 1.94 bits per heavy atom. The summed E-state index contributed by atoms with van der Waals surface area (Å²) in [5, 5.41) is 0. The summed E-state index contributed by atoms with van der Waals surface area (Å²) < 4.78 is 74.2. The van der Waals surface area contributed by atoms with E-state index in [-0.39, 0.29) is 35.8 Å². The molecule has 6 nitrogen and oxygen atoms in total. The minimum atomic E-state index is -4.45. The summed E-state index contributed by atoms with van der Waals surface area (Å²) in [5.41, 5.74) is -0.797. The molecule has 2 aromatic rings. The van der Waals surface area contributed by atoms with Crippen molar-refractivity contribution in [1.29, 1.82) is 0 Å². The summed E-state index contributed by atoms with van der Waals surface area (Å²) in [6, 6.07) is 9.66. The van der Waals surface area contributed by atoms with E-state index < -0.39 is 32.3 Å². The predicted octanol–water partition coefficient (Wildman–Crippen LogP) is 4.69. The van der Waals surface area contributed by atoms with Crippen molar-refractivity contribution >= 4 is 15.8 Å². The average Bonchev–Trinajstić information content (AvgIpc) is 2.79. The lowest BCUT2D eigenvalue weighted by Gasteiger charge is -2.38. The Morgan fingerprint density at radius 2 is 1.48 bits per heavy atom. The molecule has 2 aromatic carbocycles. The summed E-state index contributed by atoms with van der Waals surface area (Å²) >= 11 is 0. The van der Waals surface area contributed by atoms with Gasteiger partial charge in [0.25, 0.3) is 0 Å². The van der Waals surface area contributed by atoms with Crippen LogP contribution in [0.15, 0.2) is 53.4 Å². The molecule has 1 heterocycles. The van der Waals surface area contributed by atoms with E-state index in [1.165, 1.54) is 36.4 Å². The molecular formula is C23H26F3NO5S. The molecule has 33 heavy (non-hydrogen) atoms. The molecule has 0 aliphatic carbocycles. The van der Waals surface area contributed by atoms with Crippen LogP contribution >= 0.6 is 0 Å². The number of halogens is 3. The molecule has 0 N–H and O–H groups in total. The van der Waals surface area contributed by atoms with Gasteiger partial charge < -0.3 is 14.4 Å². The van der Waals surface area contributed by atoms with Gasteiger partial charge in [-0.2, -0.15) is 13.2 Å². The molecule has 0 aromatic heterocycles. The lowest BCUT2D eigenvalue weighted by Crippen LogP contribution is -2.55. The van der Waals surface area contributed by atoms with E-state index in [0.29, 0.717) is 13.1 Å². The molecule has 0 bridgehead atoms. The average molecular weight is 486 g/mol. The molecule has 1 fully saturated rings. The number of carbonyl (C=O) groups excluding carboxylic acids is 1. The normalized spacial score (nSPS) is 16.9. The van der Waals surface area contributed by atoms with Gasteiger partial charge >= 0.3 is 12.1 Å². The van der Waals surface area contributed by atoms with Gasteiger partial charge in [-0.05, 0) is 74.8 Å². The summed E-state index contributed by atoms with van der Waals surface area (Å²) in [5.74, 6) is -0.320. The lowest BCUT2D eigenvalue weighted by atomic mass is 9.95. The van der Waals surface area contributed by atoms with E-state index in [4.69, 9.17) is 9.47 Å². The minimum Gasteiger partial charge on any atom is -0.465 e. The van der Waals surface area contributed by atoms with Crippen molar-refractivity contribution in [2.45, 2.75) is 42.5 Å². The van der Waals surface area contributed by atoms with Crippen LogP contribution in [-0.4, -0.2) is 50.3 Å². The first-order valence-corrected chi connectivity index (χ1v) is 12.1. The Hall–Kier alpha value is -2.59. The van der Waals surface area contributed by atoms with E-state index in [9.17, 15) is 26.4 Å². The molecule has 10 heteroatoms. The van der Waals surface area contributed by atoms with Crippen molar-refractivity contribution < 1.29 is 35.9 Å². The summed E-state index contributed by atoms with van der Waals surface area (Å²) in [6.45, 7) is 5.36. The highest BCUT2D eigenvalue weighted by Gasteiger charge is 2.54. The summed E-state index contributed by atoms with van der Waals surface area (Å²) in [4.78, 5) is 14.9. The molecule has 180 valence electrons. The number of hydrogen-bond donors (Lipinski definition) is 0. The van der Waals surface area contributed by atoms with Crippen LogP contribution in [0.4, 0.5) is 13.2 Å². The highest BCUT2D eigenvalue weighted by atomic mass is 32.2. The number of carbonyl (C=O) groups is 1. The van der Waals surface area contributed by atoms with Gasteiger partial charge in [0, 0.05) is 13.1 Å². The molecule has 0 atom stereocenters. The Labute approximate surface area is 191 Å². The van der Waals surface area contributed by atoms with Gasteiger partial charge in [-0.25, -0.2) is 8.42 Å². The predicted molar refractivity (Wildman–Crippen MR) is 116 cm³/mol. The van der Waals surface area contributed by atoms with Crippen molar-refractivity contribution in [2.75, 3.05) is 26.2 Å². The first kappa shape index (κ1) is 25.0. The van der Waals surface area contributed by atoms with Gasteiger partial charge in [0.15, 0.2) is 14.6 Å². The molecule has 1 aliphatic heterocycles. The monoisotopic (exact) mass is 485 g/mol. The van der Waals surface area contributed by atoms with Gasteiger partial charge in [-0.1, -0.05) is 6.92 Å². The molecule has 3 rings (SSSR count). The number of piperidine rings is 1. The second-order valence-corrected chi connectivity index (χ2v) is 10.0. The highest BCUT2D eigenvalue weighted by molar-refractivity contribution is 7.93. The molecule has 0 spiro atoms. The highest BCUT2D eigenvalue weighted by Crippen LogP contribution is 2.38. The van der Waals surface area contributed by atoms with E-state index >= 15 is 0 Å². The number of ether oxygens (including phenoxy) is 2. The third kappa shape index (κ3) is 5.16. The fraction of sp³-hybridized carbons (Fsp3) is 0.435. The maximum Gasteiger partial charge on any atom is 0.416 e. The number of hydrogen-bond acceptors (Lipinski definition) is 6. The van der Waals surface area contributed by atoms with Crippen LogP contribution in [0.1, 0.15) is 32.3 Å².